The second kappa shape index (κ2) is 9.93. The van der Waals surface area contributed by atoms with Gasteiger partial charge in [0, 0.05) is 13.0 Å². The monoisotopic (exact) mass is 433 g/mol. The van der Waals surface area contributed by atoms with Gasteiger partial charge < -0.3 is 10.1 Å². The van der Waals surface area contributed by atoms with Crippen molar-refractivity contribution in [2.24, 2.45) is 7.05 Å². The first-order chi connectivity index (χ1) is 13.3. The minimum Gasteiger partial charge on any atom is -0.484 e. The van der Waals surface area contributed by atoms with Crippen LogP contribution in [0.2, 0.25) is 0 Å². The van der Waals surface area contributed by atoms with Gasteiger partial charge in [-0.3, -0.25) is 10.1 Å². The van der Waals surface area contributed by atoms with Crippen molar-refractivity contribution in [3.8, 4) is 5.75 Å². The summed E-state index contributed by atoms with van der Waals surface area (Å²) in [7, 11) is 1.71. The molecule has 1 saturated heterocycles. The van der Waals surface area contributed by atoms with Gasteiger partial charge in [0.1, 0.15) is 5.75 Å². The van der Waals surface area contributed by atoms with Crippen LogP contribution in [0.25, 0.3) is 0 Å². The Labute approximate surface area is 172 Å². The fourth-order valence-corrected chi connectivity index (χ4v) is 3.03. The van der Waals surface area contributed by atoms with E-state index in [2.05, 4.69) is 20.7 Å². The van der Waals surface area contributed by atoms with E-state index in [-0.39, 0.29) is 36.4 Å². The molecule has 0 aliphatic carbocycles. The summed E-state index contributed by atoms with van der Waals surface area (Å²) < 4.78 is 43.0. The van der Waals surface area contributed by atoms with E-state index in [0.29, 0.717) is 17.3 Å². The molecule has 0 bridgehead atoms. The number of halogens is 4. The number of anilines is 1. The van der Waals surface area contributed by atoms with Gasteiger partial charge in [0.05, 0.1) is 6.42 Å². The zero-order chi connectivity index (χ0) is 20.1. The number of alkyl halides is 3. The summed E-state index contributed by atoms with van der Waals surface area (Å²) in [6.45, 7) is 0.454. The summed E-state index contributed by atoms with van der Waals surface area (Å²) in [5, 5.41) is 10.4. The second-order valence-electron chi connectivity index (χ2n) is 6.72. The van der Waals surface area contributed by atoms with Crippen molar-refractivity contribution < 1.29 is 22.7 Å². The first kappa shape index (κ1) is 23.0. The smallest absolute Gasteiger partial charge is 0.422 e. The number of hydrogen-bond donors (Lipinski definition) is 2. The molecule has 0 saturated carbocycles. The zero-order valence-corrected chi connectivity index (χ0v) is 16.6. The Kier molecular flexibility index (Phi) is 7.86. The molecule has 11 heteroatoms. The summed E-state index contributed by atoms with van der Waals surface area (Å²) in [4.78, 5) is 16.8. The molecular weight excluding hydrogens is 411 g/mol. The number of benzene rings is 1. The largest absolute Gasteiger partial charge is 0.484 e. The highest BCUT2D eigenvalue weighted by atomic mass is 35.5. The molecule has 7 nitrogen and oxygen atoms in total. The maximum Gasteiger partial charge on any atom is 0.422 e. The minimum atomic E-state index is -4.41. The van der Waals surface area contributed by atoms with Crippen LogP contribution in [0.15, 0.2) is 24.3 Å². The number of carbonyl (C=O) groups is 1. The number of aryl methyl sites for hydroxylation is 1. The Bertz CT molecular complexity index is 822. The molecule has 1 fully saturated rings. The molecule has 160 valence electrons. The highest BCUT2D eigenvalue weighted by molar-refractivity contribution is 5.90. The first-order valence-electron chi connectivity index (χ1n) is 9.00. The van der Waals surface area contributed by atoms with Gasteiger partial charge in [-0.05, 0) is 43.6 Å². The summed E-state index contributed by atoms with van der Waals surface area (Å²) in [5.74, 6) is 1.06. The lowest BCUT2D eigenvalue weighted by molar-refractivity contribution is -0.153. The van der Waals surface area contributed by atoms with Crippen LogP contribution in [0, 0.1) is 0 Å². The van der Waals surface area contributed by atoms with Crippen LogP contribution in [0.5, 0.6) is 5.75 Å². The number of rotatable bonds is 6. The van der Waals surface area contributed by atoms with Crippen molar-refractivity contribution in [1.82, 2.24) is 20.1 Å². The minimum absolute atomic E-state index is 0. The average molecular weight is 434 g/mol. The van der Waals surface area contributed by atoms with E-state index in [1.165, 1.54) is 16.8 Å². The Morgan fingerprint density at radius 2 is 2.07 bits per heavy atom. The number of piperidine rings is 1. The van der Waals surface area contributed by atoms with E-state index in [1.807, 2.05) is 0 Å². The van der Waals surface area contributed by atoms with Crippen LogP contribution in [-0.4, -0.2) is 46.5 Å². The number of amides is 1. The quantitative estimate of drug-likeness (QED) is 0.732. The molecular formula is C18H23ClF3N5O2. The van der Waals surface area contributed by atoms with Crippen molar-refractivity contribution in [1.29, 1.82) is 0 Å². The number of carbonyl (C=O) groups excluding carboxylic acids is 1. The van der Waals surface area contributed by atoms with Gasteiger partial charge >= 0.3 is 6.18 Å². The zero-order valence-electron chi connectivity index (χ0n) is 15.8. The molecule has 0 atom stereocenters. The molecule has 0 radical (unpaired) electrons. The highest BCUT2D eigenvalue weighted by Gasteiger charge is 2.28. The predicted octanol–water partition coefficient (Wildman–Crippen LogP) is 2.83. The lowest BCUT2D eigenvalue weighted by atomic mass is 9.98. The maximum absolute atomic E-state index is 12.3. The lowest BCUT2D eigenvalue weighted by Gasteiger charge is -2.19. The normalized spacial score (nSPS) is 14.9. The van der Waals surface area contributed by atoms with E-state index >= 15 is 0 Å². The SMILES string of the molecule is Cl.Cn1nc(C2CCNCC2)nc1NC(=O)Cc1cccc(OCC(F)(F)F)c1. The number of aromatic nitrogens is 3. The molecule has 1 aromatic carbocycles. The average Bonchev–Trinajstić information content (AvgIpc) is 3.01. The van der Waals surface area contributed by atoms with Crippen molar-refractivity contribution in [3.63, 3.8) is 0 Å². The second-order valence-corrected chi connectivity index (χ2v) is 6.72. The fourth-order valence-electron chi connectivity index (χ4n) is 3.03. The van der Waals surface area contributed by atoms with Crippen molar-refractivity contribution >= 4 is 24.3 Å². The van der Waals surface area contributed by atoms with E-state index in [1.54, 1.807) is 19.2 Å². The third-order valence-corrected chi connectivity index (χ3v) is 4.40. The Hall–Kier alpha value is -2.33. The maximum atomic E-state index is 12.3. The van der Waals surface area contributed by atoms with Crippen LogP contribution in [-0.2, 0) is 18.3 Å². The standard InChI is InChI=1S/C18H22F3N5O2.ClH/c1-26-17(24-16(25-26)13-5-7-22-8-6-13)23-15(27)10-12-3-2-4-14(9-12)28-11-18(19,20)21;/h2-4,9,13,22H,5-8,10-11H2,1H3,(H,23,24,25,27);1H. The topological polar surface area (TPSA) is 81.1 Å². The highest BCUT2D eigenvalue weighted by Crippen LogP contribution is 2.23. The molecule has 29 heavy (non-hydrogen) atoms. The van der Waals surface area contributed by atoms with Gasteiger partial charge in [0.25, 0.3) is 0 Å². The summed E-state index contributed by atoms with van der Waals surface area (Å²) in [6, 6.07) is 6.03. The van der Waals surface area contributed by atoms with E-state index in [0.717, 1.165) is 25.9 Å². The van der Waals surface area contributed by atoms with Gasteiger partial charge in [-0.2, -0.15) is 23.3 Å². The third-order valence-electron chi connectivity index (χ3n) is 4.40. The molecule has 2 N–H and O–H groups in total. The summed E-state index contributed by atoms with van der Waals surface area (Å²) in [5.41, 5.74) is 0.540. The number of hydrogen-bond acceptors (Lipinski definition) is 5. The molecule has 1 aromatic heterocycles. The fraction of sp³-hybridized carbons (Fsp3) is 0.500. The summed E-state index contributed by atoms with van der Waals surface area (Å²) in [6.07, 6.45) is -2.53. The van der Waals surface area contributed by atoms with E-state index in [9.17, 15) is 18.0 Å². The molecule has 2 heterocycles. The molecule has 1 aliphatic heterocycles. The van der Waals surface area contributed by atoms with Gasteiger partial charge in [-0.25, -0.2) is 4.68 Å². The van der Waals surface area contributed by atoms with Gasteiger partial charge in [0.2, 0.25) is 11.9 Å². The molecule has 3 rings (SSSR count). The predicted molar refractivity (Wildman–Crippen MR) is 103 cm³/mol. The molecule has 1 amide bonds. The van der Waals surface area contributed by atoms with Crippen LogP contribution in [0.1, 0.15) is 30.1 Å². The molecule has 0 spiro atoms. The Balaban J connectivity index is 0.00000300. The van der Waals surface area contributed by atoms with Crippen LogP contribution < -0.4 is 15.4 Å². The van der Waals surface area contributed by atoms with Crippen molar-refractivity contribution in [2.45, 2.75) is 31.4 Å². The number of ether oxygens (including phenoxy) is 1. The number of nitrogens with zero attached hydrogens (tertiary/aromatic N) is 3. The third kappa shape index (κ3) is 6.90. The van der Waals surface area contributed by atoms with E-state index in [4.69, 9.17) is 4.74 Å². The van der Waals surface area contributed by atoms with Crippen LogP contribution >= 0.6 is 12.4 Å². The van der Waals surface area contributed by atoms with Crippen molar-refractivity contribution in [2.75, 3.05) is 25.0 Å². The Morgan fingerprint density at radius 3 is 2.76 bits per heavy atom. The van der Waals surface area contributed by atoms with Gasteiger partial charge in [0.15, 0.2) is 12.4 Å². The van der Waals surface area contributed by atoms with Gasteiger partial charge in [-0.15, -0.1) is 12.4 Å². The molecule has 1 aliphatic rings. The first-order valence-corrected chi connectivity index (χ1v) is 9.00. The van der Waals surface area contributed by atoms with E-state index < -0.39 is 12.8 Å². The Morgan fingerprint density at radius 1 is 1.34 bits per heavy atom. The van der Waals surface area contributed by atoms with Crippen LogP contribution in [0.4, 0.5) is 19.1 Å². The summed E-state index contributed by atoms with van der Waals surface area (Å²) >= 11 is 0. The lowest BCUT2D eigenvalue weighted by Crippen LogP contribution is -2.27. The van der Waals surface area contributed by atoms with Crippen LogP contribution in [0.3, 0.4) is 0 Å². The molecule has 0 unspecified atom stereocenters. The molecule has 2 aromatic rings. The van der Waals surface area contributed by atoms with Crippen molar-refractivity contribution in [3.05, 3.63) is 35.7 Å². The van der Waals surface area contributed by atoms with Gasteiger partial charge in [-0.1, -0.05) is 12.1 Å². The number of nitrogens with one attached hydrogen (secondary N) is 2.